The lowest BCUT2D eigenvalue weighted by Gasteiger charge is -2.20. The minimum Gasteiger partial charge on any atom is -0.423 e. The molecule has 2 amide bonds. The molecule has 4 rings (SSSR count). The Morgan fingerprint density at radius 1 is 0.791 bits per heavy atom. The van der Waals surface area contributed by atoms with E-state index in [1.54, 1.807) is 78.9 Å². The van der Waals surface area contributed by atoms with Crippen molar-refractivity contribution in [3.05, 3.63) is 136 Å². The molecule has 218 valence electrons. The van der Waals surface area contributed by atoms with Crippen molar-refractivity contribution in [2.45, 2.75) is 13.8 Å². The van der Waals surface area contributed by atoms with E-state index < -0.39 is 17.8 Å². The minimum absolute atomic E-state index is 0.0387. The van der Waals surface area contributed by atoms with Crippen LogP contribution in [0.4, 0.5) is 5.69 Å². The highest BCUT2D eigenvalue weighted by atomic mass is 79.9. The minimum atomic E-state index is -0.589. The first kappa shape index (κ1) is 30.9. The molecule has 43 heavy (non-hydrogen) atoms. The Morgan fingerprint density at radius 3 is 2.05 bits per heavy atom. The maximum atomic E-state index is 13.1. The fourth-order valence-electron chi connectivity index (χ4n) is 4.08. The number of amides is 2. The standard InChI is InChI=1S/C34H31BrN4O4/c1-3-39(4-2)29-18-10-24(11-19-29)22-31(37-32(40)26-8-6-5-7-9-26)33(41)38-36-23-25-12-20-30(21-13-25)43-34(42)27-14-16-28(35)17-15-27/h5-23H,3-4H2,1-2H3,(H,37,40)(H,38,41). The average molecular weight is 640 g/mol. The number of esters is 1. The van der Waals surface area contributed by atoms with E-state index in [0.29, 0.717) is 22.4 Å². The number of halogens is 1. The van der Waals surface area contributed by atoms with Crippen LogP contribution in [0.3, 0.4) is 0 Å². The van der Waals surface area contributed by atoms with E-state index >= 15 is 0 Å². The molecule has 0 atom stereocenters. The van der Waals surface area contributed by atoms with E-state index in [4.69, 9.17) is 4.74 Å². The van der Waals surface area contributed by atoms with Crippen LogP contribution in [0.15, 0.2) is 118 Å². The summed E-state index contributed by atoms with van der Waals surface area (Å²) in [6.07, 6.45) is 3.06. The zero-order valence-electron chi connectivity index (χ0n) is 23.8. The smallest absolute Gasteiger partial charge is 0.343 e. The molecule has 0 aromatic heterocycles. The molecule has 0 heterocycles. The van der Waals surface area contributed by atoms with Crippen molar-refractivity contribution in [3.63, 3.8) is 0 Å². The summed E-state index contributed by atoms with van der Waals surface area (Å²) in [5.74, 6) is -1.11. The van der Waals surface area contributed by atoms with E-state index in [2.05, 4.69) is 50.5 Å². The third-order valence-electron chi connectivity index (χ3n) is 6.41. The van der Waals surface area contributed by atoms with Crippen LogP contribution in [0.25, 0.3) is 6.08 Å². The second-order valence-corrected chi connectivity index (χ2v) is 10.2. The molecule has 0 bridgehead atoms. The Hall–Kier alpha value is -5.02. The second-order valence-electron chi connectivity index (χ2n) is 9.31. The van der Waals surface area contributed by atoms with Gasteiger partial charge in [-0.3, -0.25) is 9.59 Å². The molecule has 0 aliphatic rings. The fourth-order valence-corrected chi connectivity index (χ4v) is 4.34. The van der Waals surface area contributed by atoms with Gasteiger partial charge in [-0.05, 0) is 104 Å². The SMILES string of the molecule is CCN(CC)c1ccc(C=C(NC(=O)c2ccccc2)C(=O)NN=Cc2ccc(OC(=O)c3ccc(Br)cc3)cc2)cc1. The van der Waals surface area contributed by atoms with Gasteiger partial charge < -0.3 is 15.0 Å². The summed E-state index contributed by atoms with van der Waals surface area (Å²) in [5.41, 5.74) is 5.84. The van der Waals surface area contributed by atoms with Crippen LogP contribution >= 0.6 is 15.9 Å². The number of carbonyl (C=O) groups is 3. The molecule has 0 unspecified atom stereocenters. The summed E-state index contributed by atoms with van der Waals surface area (Å²) < 4.78 is 6.28. The monoisotopic (exact) mass is 638 g/mol. The van der Waals surface area contributed by atoms with E-state index in [9.17, 15) is 14.4 Å². The predicted molar refractivity (Wildman–Crippen MR) is 173 cm³/mol. The first-order valence-electron chi connectivity index (χ1n) is 13.7. The summed E-state index contributed by atoms with van der Waals surface area (Å²) in [6, 6.07) is 29.9. The van der Waals surface area contributed by atoms with Crippen molar-refractivity contribution in [1.82, 2.24) is 10.7 Å². The molecule has 0 fully saturated rings. The van der Waals surface area contributed by atoms with Crippen LogP contribution in [-0.4, -0.2) is 37.1 Å². The number of rotatable bonds is 11. The van der Waals surface area contributed by atoms with Crippen LogP contribution in [0.5, 0.6) is 5.75 Å². The highest BCUT2D eigenvalue weighted by molar-refractivity contribution is 9.10. The van der Waals surface area contributed by atoms with Gasteiger partial charge in [-0.1, -0.05) is 46.3 Å². The Kier molecular flexibility index (Phi) is 11.0. The van der Waals surface area contributed by atoms with Crippen molar-refractivity contribution in [2.24, 2.45) is 5.10 Å². The molecule has 0 radical (unpaired) electrons. The van der Waals surface area contributed by atoms with Gasteiger partial charge >= 0.3 is 5.97 Å². The Labute approximate surface area is 259 Å². The Bertz CT molecular complexity index is 1600. The number of benzene rings is 4. The van der Waals surface area contributed by atoms with E-state index in [1.807, 2.05) is 30.3 Å². The van der Waals surface area contributed by atoms with Gasteiger partial charge in [0.05, 0.1) is 11.8 Å². The molecule has 0 saturated heterocycles. The van der Waals surface area contributed by atoms with Crippen LogP contribution in [0.1, 0.15) is 45.7 Å². The summed E-state index contributed by atoms with van der Waals surface area (Å²) in [7, 11) is 0. The highest BCUT2D eigenvalue weighted by Crippen LogP contribution is 2.18. The molecule has 4 aromatic rings. The molecule has 2 N–H and O–H groups in total. The molecule has 4 aromatic carbocycles. The summed E-state index contributed by atoms with van der Waals surface area (Å²) in [5, 5.41) is 6.76. The van der Waals surface area contributed by atoms with Gasteiger partial charge in [0, 0.05) is 28.8 Å². The number of hydrazone groups is 1. The second kappa shape index (κ2) is 15.3. The van der Waals surface area contributed by atoms with Gasteiger partial charge in [0.15, 0.2) is 0 Å². The van der Waals surface area contributed by atoms with Crippen molar-refractivity contribution in [2.75, 3.05) is 18.0 Å². The van der Waals surface area contributed by atoms with Gasteiger partial charge in [0.2, 0.25) is 0 Å². The molecule has 8 nitrogen and oxygen atoms in total. The zero-order chi connectivity index (χ0) is 30.6. The number of nitrogens with zero attached hydrogens (tertiary/aromatic N) is 2. The number of carbonyl (C=O) groups excluding carboxylic acids is 3. The zero-order valence-corrected chi connectivity index (χ0v) is 25.4. The van der Waals surface area contributed by atoms with Gasteiger partial charge in [-0.25, -0.2) is 10.2 Å². The predicted octanol–water partition coefficient (Wildman–Crippen LogP) is 6.44. The molecule has 0 spiro atoms. The average Bonchev–Trinajstić information content (AvgIpc) is 3.03. The van der Waals surface area contributed by atoms with Crippen molar-refractivity contribution < 1.29 is 19.1 Å². The first-order valence-corrected chi connectivity index (χ1v) is 14.5. The maximum Gasteiger partial charge on any atom is 0.343 e. The molecular weight excluding hydrogens is 608 g/mol. The topological polar surface area (TPSA) is 100 Å². The van der Waals surface area contributed by atoms with E-state index in [1.165, 1.54) is 6.21 Å². The number of ether oxygens (including phenoxy) is 1. The third-order valence-corrected chi connectivity index (χ3v) is 6.94. The maximum absolute atomic E-state index is 13.1. The lowest BCUT2D eigenvalue weighted by Crippen LogP contribution is -2.32. The third kappa shape index (κ3) is 8.98. The van der Waals surface area contributed by atoms with Crippen molar-refractivity contribution in [1.29, 1.82) is 0 Å². The quantitative estimate of drug-likeness (QED) is 0.0648. The Morgan fingerprint density at radius 2 is 1.42 bits per heavy atom. The number of nitrogens with one attached hydrogen (secondary N) is 2. The molecule has 0 aliphatic carbocycles. The van der Waals surface area contributed by atoms with E-state index in [-0.39, 0.29) is 5.70 Å². The summed E-state index contributed by atoms with van der Waals surface area (Å²) >= 11 is 3.34. The van der Waals surface area contributed by atoms with Crippen LogP contribution in [0.2, 0.25) is 0 Å². The molecule has 0 aliphatic heterocycles. The van der Waals surface area contributed by atoms with Crippen LogP contribution in [-0.2, 0) is 4.79 Å². The van der Waals surface area contributed by atoms with Crippen LogP contribution < -0.4 is 20.4 Å². The number of anilines is 1. The van der Waals surface area contributed by atoms with Crippen LogP contribution in [0, 0.1) is 0 Å². The van der Waals surface area contributed by atoms with Gasteiger partial charge in [0.25, 0.3) is 11.8 Å². The lowest BCUT2D eigenvalue weighted by molar-refractivity contribution is -0.117. The fraction of sp³-hybridized carbons (Fsp3) is 0.118. The van der Waals surface area contributed by atoms with Gasteiger partial charge in [0.1, 0.15) is 11.4 Å². The van der Waals surface area contributed by atoms with Gasteiger partial charge in [-0.2, -0.15) is 5.10 Å². The first-order chi connectivity index (χ1) is 20.9. The highest BCUT2D eigenvalue weighted by Gasteiger charge is 2.15. The summed E-state index contributed by atoms with van der Waals surface area (Å²) in [4.78, 5) is 40.6. The summed E-state index contributed by atoms with van der Waals surface area (Å²) in [6.45, 7) is 5.94. The number of hydrogen-bond acceptors (Lipinski definition) is 6. The molecular formula is C34H31BrN4O4. The molecule has 0 saturated carbocycles. The van der Waals surface area contributed by atoms with Crippen molar-refractivity contribution in [3.8, 4) is 5.75 Å². The molecule has 9 heteroatoms. The number of hydrogen-bond donors (Lipinski definition) is 2. The van der Waals surface area contributed by atoms with Gasteiger partial charge in [-0.15, -0.1) is 0 Å². The Balaban J connectivity index is 1.44. The lowest BCUT2D eigenvalue weighted by atomic mass is 10.1. The van der Waals surface area contributed by atoms with E-state index in [0.717, 1.165) is 28.8 Å². The normalized spacial score (nSPS) is 11.2. The largest absolute Gasteiger partial charge is 0.423 e. The van der Waals surface area contributed by atoms with Crippen molar-refractivity contribution >= 4 is 51.7 Å².